The predicted octanol–water partition coefficient (Wildman–Crippen LogP) is 1.13. The molecular weight excluding hydrogens is 183 g/mol. The van der Waals surface area contributed by atoms with Crippen LogP contribution in [0.4, 0.5) is 10.1 Å². The Hall–Kier alpha value is -1.42. The van der Waals surface area contributed by atoms with Crippen molar-refractivity contribution in [2.45, 2.75) is 12.5 Å². The fourth-order valence-corrected chi connectivity index (χ4v) is 1.29. The lowest BCUT2D eigenvalue weighted by Gasteiger charge is -2.26. The van der Waals surface area contributed by atoms with Crippen LogP contribution in [0.15, 0.2) is 24.3 Å². The molecule has 1 aromatic carbocycles. The minimum absolute atomic E-state index is 0.158. The van der Waals surface area contributed by atoms with E-state index in [0.717, 1.165) is 13.0 Å². The van der Waals surface area contributed by atoms with E-state index in [1.165, 1.54) is 6.07 Å². The van der Waals surface area contributed by atoms with E-state index < -0.39 is 5.82 Å². The molecule has 0 aliphatic carbocycles. The van der Waals surface area contributed by atoms with Gasteiger partial charge >= 0.3 is 0 Å². The summed E-state index contributed by atoms with van der Waals surface area (Å²) in [4.78, 5) is 11.4. The Morgan fingerprint density at radius 3 is 2.79 bits per heavy atom. The molecule has 0 bridgehead atoms. The van der Waals surface area contributed by atoms with Gasteiger partial charge in [-0.25, -0.2) is 4.39 Å². The van der Waals surface area contributed by atoms with E-state index in [0.29, 0.717) is 0 Å². The van der Waals surface area contributed by atoms with Crippen molar-refractivity contribution in [2.24, 2.45) is 0 Å². The number of rotatable bonds is 2. The lowest BCUT2D eigenvalue weighted by molar-refractivity contribution is -0.119. The lowest BCUT2D eigenvalue weighted by atomic mass is 10.1. The summed E-state index contributed by atoms with van der Waals surface area (Å²) < 4.78 is 13.1. The molecule has 1 amide bonds. The molecule has 3 nitrogen and oxygen atoms in total. The zero-order valence-corrected chi connectivity index (χ0v) is 7.59. The molecule has 1 atom stereocenters. The molecule has 0 aromatic heterocycles. The number of carbonyl (C=O) groups is 1. The average Bonchev–Trinajstić information content (AvgIpc) is 2.05. The van der Waals surface area contributed by atoms with Gasteiger partial charge in [-0.15, -0.1) is 0 Å². The van der Waals surface area contributed by atoms with Crippen molar-refractivity contribution >= 4 is 11.6 Å². The summed E-state index contributed by atoms with van der Waals surface area (Å²) in [5.74, 6) is -0.568. The summed E-state index contributed by atoms with van der Waals surface area (Å²) in [5.41, 5.74) is 0.242. The van der Waals surface area contributed by atoms with Gasteiger partial charge in [0.15, 0.2) is 0 Å². The van der Waals surface area contributed by atoms with Gasteiger partial charge < -0.3 is 10.6 Å². The fourth-order valence-electron chi connectivity index (χ4n) is 1.29. The highest BCUT2D eigenvalue weighted by molar-refractivity contribution is 5.95. The van der Waals surface area contributed by atoms with E-state index in [9.17, 15) is 9.18 Å². The molecule has 0 spiro atoms. The first kappa shape index (κ1) is 9.15. The van der Waals surface area contributed by atoms with Gasteiger partial charge in [0.1, 0.15) is 5.82 Å². The third-order valence-electron chi connectivity index (χ3n) is 2.27. The van der Waals surface area contributed by atoms with Crippen LogP contribution in [0.1, 0.15) is 6.42 Å². The molecule has 1 saturated heterocycles. The van der Waals surface area contributed by atoms with Crippen molar-refractivity contribution in [3.8, 4) is 0 Å². The summed E-state index contributed by atoms with van der Waals surface area (Å²) in [5, 5.41) is 5.49. The number of benzene rings is 1. The molecule has 0 unspecified atom stereocenters. The Balaban J connectivity index is 2.03. The molecule has 2 rings (SSSR count). The molecule has 0 saturated carbocycles. The Labute approximate surface area is 81.3 Å². The summed E-state index contributed by atoms with van der Waals surface area (Å²) in [6, 6.07) is 5.99. The lowest BCUT2D eigenvalue weighted by Crippen LogP contribution is -2.50. The maximum absolute atomic E-state index is 13.1. The highest BCUT2D eigenvalue weighted by atomic mass is 19.1. The largest absolute Gasteiger partial charge is 0.322 e. The van der Waals surface area contributed by atoms with Crippen LogP contribution in [-0.2, 0) is 4.79 Å². The van der Waals surface area contributed by atoms with Crippen molar-refractivity contribution in [3.05, 3.63) is 30.1 Å². The Morgan fingerprint density at radius 2 is 2.21 bits per heavy atom. The third kappa shape index (κ3) is 1.75. The zero-order chi connectivity index (χ0) is 9.97. The molecule has 1 aliphatic heterocycles. The van der Waals surface area contributed by atoms with Crippen LogP contribution in [0.25, 0.3) is 0 Å². The molecule has 4 heteroatoms. The van der Waals surface area contributed by atoms with Crippen LogP contribution in [0.2, 0.25) is 0 Å². The van der Waals surface area contributed by atoms with Crippen LogP contribution >= 0.6 is 0 Å². The first-order valence-electron chi connectivity index (χ1n) is 4.56. The van der Waals surface area contributed by atoms with Gasteiger partial charge in [0, 0.05) is 0 Å². The van der Waals surface area contributed by atoms with Crippen LogP contribution in [-0.4, -0.2) is 18.5 Å². The molecule has 1 fully saturated rings. The Morgan fingerprint density at radius 1 is 1.50 bits per heavy atom. The monoisotopic (exact) mass is 194 g/mol. The molecular formula is C10H11FN2O. The first-order chi connectivity index (χ1) is 6.77. The number of para-hydroxylation sites is 1. The Kier molecular flexibility index (Phi) is 2.45. The topological polar surface area (TPSA) is 41.1 Å². The van der Waals surface area contributed by atoms with Crippen LogP contribution in [0.3, 0.4) is 0 Å². The minimum atomic E-state index is -0.403. The molecule has 0 radical (unpaired) electrons. The van der Waals surface area contributed by atoms with E-state index in [-0.39, 0.29) is 17.6 Å². The molecule has 14 heavy (non-hydrogen) atoms. The van der Waals surface area contributed by atoms with E-state index >= 15 is 0 Å². The maximum atomic E-state index is 13.1. The quantitative estimate of drug-likeness (QED) is 0.740. The second-order valence-electron chi connectivity index (χ2n) is 3.26. The zero-order valence-electron chi connectivity index (χ0n) is 7.59. The number of nitrogens with one attached hydrogen (secondary N) is 2. The Bertz CT molecular complexity index is 350. The van der Waals surface area contributed by atoms with Gasteiger partial charge in [-0.05, 0) is 25.1 Å². The number of carbonyl (C=O) groups excluding carboxylic acids is 1. The van der Waals surface area contributed by atoms with E-state index in [4.69, 9.17) is 0 Å². The van der Waals surface area contributed by atoms with E-state index in [1.54, 1.807) is 18.2 Å². The number of hydrogen-bond donors (Lipinski definition) is 2. The van der Waals surface area contributed by atoms with Gasteiger partial charge in [0.05, 0.1) is 11.7 Å². The van der Waals surface area contributed by atoms with Gasteiger partial charge in [0.25, 0.3) is 0 Å². The molecule has 2 N–H and O–H groups in total. The predicted molar refractivity (Wildman–Crippen MR) is 51.4 cm³/mol. The fraction of sp³-hybridized carbons (Fsp3) is 0.300. The summed E-state index contributed by atoms with van der Waals surface area (Å²) in [6.07, 6.45) is 0.820. The summed E-state index contributed by atoms with van der Waals surface area (Å²) in [7, 11) is 0. The van der Waals surface area contributed by atoms with Gasteiger partial charge in [-0.1, -0.05) is 12.1 Å². The van der Waals surface area contributed by atoms with Crippen LogP contribution in [0.5, 0.6) is 0 Å². The van der Waals surface area contributed by atoms with E-state index in [1.807, 2.05) is 0 Å². The van der Waals surface area contributed by atoms with Crippen molar-refractivity contribution in [2.75, 3.05) is 11.9 Å². The van der Waals surface area contributed by atoms with Crippen LogP contribution < -0.4 is 10.6 Å². The maximum Gasteiger partial charge on any atom is 0.241 e. The minimum Gasteiger partial charge on any atom is -0.322 e. The van der Waals surface area contributed by atoms with Crippen LogP contribution in [0, 0.1) is 5.82 Å². The highest BCUT2D eigenvalue weighted by Gasteiger charge is 2.24. The van der Waals surface area contributed by atoms with Crippen molar-refractivity contribution in [1.29, 1.82) is 0 Å². The number of anilines is 1. The van der Waals surface area contributed by atoms with Crippen molar-refractivity contribution in [3.63, 3.8) is 0 Å². The standard InChI is InChI=1S/C10H11FN2O/c11-7-3-1-2-4-8(7)13-10(14)9-5-6-12-9/h1-4,9,12H,5-6H2,(H,13,14)/t9-/m0/s1. The normalized spacial score (nSPS) is 19.9. The van der Waals surface area contributed by atoms with Crippen molar-refractivity contribution < 1.29 is 9.18 Å². The summed E-state index contributed by atoms with van der Waals surface area (Å²) in [6.45, 7) is 0.857. The number of hydrogen-bond acceptors (Lipinski definition) is 2. The molecule has 1 aromatic rings. The van der Waals surface area contributed by atoms with Gasteiger partial charge in [0.2, 0.25) is 5.91 Å². The highest BCUT2D eigenvalue weighted by Crippen LogP contribution is 2.14. The SMILES string of the molecule is O=C(Nc1ccccc1F)[C@@H]1CCN1. The van der Waals surface area contributed by atoms with Gasteiger partial charge in [-0.3, -0.25) is 4.79 Å². The molecule has 1 aliphatic rings. The van der Waals surface area contributed by atoms with Crippen molar-refractivity contribution in [1.82, 2.24) is 5.32 Å². The molecule has 74 valence electrons. The first-order valence-corrected chi connectivity index (χ1v) is 4.56. The van der Waals surface area contributed by atoms with Gasteiger partial charge in [-0.2, -0.15) is 0 Å². The average molecular weight is 194 g/mol. The van der Waals surface area contributed by atoms with E-state index in [2.05, 4.69) is 10.6 Å². The second-order valence-corrected chi connectivity index (χ2v) is 3.26. The molecule has 1 heterocycles. The number of amides is 1. The smallest absolute Gasteiger partial charge is 0.241 e. The number of halogens is 1. The third-order valence-corrected chi connectivity index (χ3v) is 2.27. The second kappa shape index (κ2) is 3.75. The summed E-state index contributed by atoms with van der Waals surface area (Å²) >= 11 is 0.